The summed E-state index contributed by atoms with van der Waals surface area (Å²) in [5.41, 5.74) is 0.884. The highest BCUT2D eigenvalue weighted by atomic mass is 32.2. The van der Waals surface area contributed by atoms with E-state index < -0.39 is 21.8 Å². The summed E-state index contributed by atoms with van der Waals surface area (Å²) in [6, 6.07) is 11.8. The van der Waals surface area contributed by atoms with Gasteiger partial charge in [0, 0.05) is 18.8 Å². The van der Waals surface area contributed by atoms with Crippen LogP contribution in [0.2, 0.25) is 0 Å². The van der Waals surface area contributed by atoms with Crippen LogP contribution in [0.4, 0.5) is 10.1 Å². The quantitative estimate of drug-likeness (QED) is 0.806. The van der Waals surface area contributed by atoms with Crippen LogP contribution in [-0.4, -0.2) is 38.8 Å². The molecule has 0 aromatic heterocycles. The summed E-state index contributed by atoms with van der Waals surface area (Å²) in [6.45, 7) is 0.210. The number of halogens is 1. The molecule has 1 aliphatic heterocycles. The first kappa shape index (κ1) is 20.8. The van der Waals surface area contributed by atoms with E-state index in [1.54, 1.807) is 24.3 Å². The lowest BCUT2D eigenvalue weighted by molar-refractivity contribution is -0.120. The zero-order valence-corrected chi connectivity index (χ0v) is 16.6. The fourth-order valence-corrected chi connectivity index (χ4v) is 4.97. The van der Waals surface area contributed by atoms with Crippen molar-refractivity contribution in [2.45, 2.75) is 17.7 Å². The third-order valence-electron chi connectivity index (χ3n) is 4.76. The number of methoxy groups -OCH3 is 1. The Morgan fingerprint density at radius 2 is 2.10 bits per heavy atom. The van der Waals surface area contributed by atoms with Gasteiger partial charge in [-0.25, -0.2) is 12.8 Å². The van der Waals surface area contributed by atoms with Crippen molar-refractivity contribution >= 4 is 21.6 Å². The number of ether oxygens (including phenoxy) is 1. The van der Waals surface area contributed by atoms with Crippen LogP contribution in [-0.2, 0) is 14.8 Å². The van der Waals surface area contributed by atoms with Gasteiger partial charge in [0.05, 0.1) is 24.7 Å². The van der Waals surface area contributed by atoms with Gasteiger partial charge < -0.3 is 10.1 Å². The predicted octanol–water partition coefficient (Wildman–Crippen LogP) is 2.75. The van der Waals surface area contributed by atoms with Crippen molar-refractivity contribution in [3.05, 3.63) is 53.8 Å². The van der Waals surface area contributed by atoms with Gasteiger partial charge in [-0.2, -0.15) is 9.57 Å². The van der Waals surface area contributed by atoms with Crippen molar-refractivity contribution in [2.75, 3.05) is 25.5 Å². The molecular weight excluding hydrogens is 397 g/mol. The largest absolute Gasteiger partial charge is 0.495 e. The minimum Gasteiger partial charge on any atom is -0.495 e. The van der Waals surface area contributed by atoms with E-state index in [1.807, 2.05) is 6.07 Å². The van der Waals surface area contributed by atoms with Gasteiger partial charge in [-0.1, -0.05) is 6.07 Å². The molecule has 3 rings (SSSR count). The molecule has 9 heteroatoms. The number of anilines is 1. The highest BCUT2D eigenvalue weighted by Crippen LogP contribution is 2.30. The van der Waals surface area contributed by atoms with Gasteiger partial charge in [-0.05, 0) is 49.2 Å². The fraction of sp³-hybridized carbons (Fsp3) is 0.300. The Hall–Kier alpha value is -2.96. The zero-order valence-electron chi connectivity index (χ0n) is 15.8. The molecule has 7 nitrogen and oxygen atoms in total. The third kappa shape index (κ3) is 4.55. The van der Waals surface area contributed by atoms with Crippen LogP contribution in [0.15, 0.2) is 47.4 Å². The average molecular weight is 417 g/mol. The van der Waals surface area contributed by atoms with Gasteiger partial charge in [-0.3, -0.25) is 4.79 Å². The van der Waals surface area contributed by atoms with Gasteiger partial charge in [0.25, 0.3) is 0 Å². The second-order valence-corrected chi connectivity index (χ2v) is 8.59. The number of sulfonamides is 1. The lowest BCUT2D eigenvalue weighted by Gasteiger charge is -2.31. The van der Waals surface area contributed by atoms with Crippen LogP contribution < -0.4 is 10.1 Å². The highest BCUT2D eigenvalue weighted by Gasteiger charge is 2.35. The maximum Gasteiger partial charge on any atom is 0.246 e. The zero-order chi connectivity index (χ0) is 21.0. The highest BCUT2D eigenvalue weighted by molar-refractivity contribution is 7.89. The molecule has 1 saturated heterocycles. The molecule has 2 aromatic carbocycles. The number of nitriles is 1. The van der Waals surface area contributed by atoms with Gasteiger partial charge in [-0.15, -0.1) is 0 Å². The topological polar surface area (TPSA) is 99.5 Å². The Bertz CT molecular complexity index is 1070. The number of hydrogen-bond acceptors (Lipinski definition) is 5. The maximum absolute atomic E-state index is 13.7. The first-order valence-corrected chi connectivity index (χ1v) is 10.4. The summed E-state index contributed by atoms with van der Waals surface area (Å²) in [4.78, 5) is 12.4. The molecule has 152 valence electrons. The van der Waals surface area contributed by atoms with Gasteiger partial charge in [0.15, 0.2) is 0 Å². The fourth-order valence-electron chi connectivity index (χ4n) is 3.28. The van der Waals surface area contributed by atoms with Crippen LogP contribution >= 0.6 is 0 Å². The monoisotopic (exact) mass is 417 g/mol. The smallest absolute Gasteiger partial charge is 0.246 e. The number of nitrogens with one attached hydrogen (secondary N) is 1. The Kier molecular flexibility index (Phi) is 6.15. The van der Waals surface area contributed by atoms with E-state index in [9.17, 15) is 17.6 Å². The lowest BCUT2D eigenvalue weighted by atomic mass is 9.98. The van der Waals surface area contributed by atoms with Crippen molar-refractivity contribution in [2.24, 2.45) is 5.92 Å². The molecule has 0 saturated carbocycles. The molecule has 1 atom stereocenters. The minimum absolute atomic E-state index is 0.0220. The van der Waals surface area contributed by atoms with Gasteiger partial charge in [0.1, 0.15) is 16.5 Å². The number of hydrogen-bond donors (Lipinski definition) is 1. The SMILES string of the molecule is COc1ccc(F)cc1S(=O)(=O)N1CCCC(C(=O)Nc2cccc(C#N)c2)C1. The molecule has 1 N–H and O–H groups in total. The molecule has 29 heavy (non-hydrogen) atoms. The van der Waals surface area contributed by atoms with E-state index in [1.165, 1.54) is 17.5 Å². The van der Waals surface area contributed by atoms with Crippen molar-refractivity contribution < 1.29 is 22.3 Å². The molecule has 0 spiro atoms. The summed E-state index contributed by atoms with van der Waals surface area (Å²) in [6.07, 6.45) is 1.02. The summed E-state index contributed by atoms with van der Waals surface area (Å²) in [5, 5.41) is 11.7. The van der Waals surface area contributed by atoms with Crippen LogP contribution in [0, 0.1) is 23.1 Å². The van der Waals surface area contributed by atoms with Crippen LogP contribution in [0.5, 0.6) is 5.75 Å². The first-order chi connectivity index (χ1) is 13.8. The van der Waals surface area contributed by atoms with E-state index in [2.05, 4.69) is 5.32 Å². The lowest BCUT2D eigenvalue weighted by Crippen LogP contribution is -2.43. The van der Waals surface area contributed by atoms with E-state index in [0.29, 0.717) is 24.1 Å². The van der Waals surface area contributed by atoms with Crippen molar-refractivity contribution in [1.29, 1.82) is 5.26 Å². The first-order valence-electron chi connectivity index (χ1n) is 9.00. The number of carbonyl (C=O) groups is 1. The molecule has 1 unspecified atom stereocenters. The molecule has 2 aromatic rings. The Morgan fingerprint density at radius 3 is 2.83 bits per heavy atom. The minimum atomic E-state index is -4.03. The maximum atomic E-state index is 13.7. The predicted molar refractivity (Wildman–Crippen MR) is 104 cm³/mol. The molecule has 0 bridgehead atoms. The standard InChI is InChI=1S/C20H20FN3O4S/c1-28-18-8-7-16(21)11-19(18)29(26,27)24-9-3-5-15(13-24)20(25)23-17-6-2-4-14(10-17)12-22/h2,4,6-8,10-11,15H,3,5,9,13H2,1H3,(H,23,25). The average Bonchev–Trinajstić information content (AvgIpc) is 2.74. The molecule has 1 amide bonds. The van der Waals surface area contributed by atoms with E-state index in [-0.39, 0.29) is 29.6 Å². The summed E-state index contributed by atoms with van der Waals surface area (Å²) < 4.78 is 46.0. The number of benzene rings is 2. The van der Waals surface area contributed by atoms with Crippen LogP contribution in [0.1, 0.15) is 18.4 Å². The second-order valence-electron chi connectivity index (χ2n) is 6.68. The summed E-state index contributed by atoms with van der Waals surface area (Å²) >= 11 is 0. The summed E-state index contributed by atoms with van der Waals surface area (Å²) in [7, 11) is -2.72. The number of piperidine rings is 1. The molecule has 0 aliphatic carbocycles. The normalized spacial score (nSPS) is 17.3. The molecule has 1 heterocycles. The Balaban J connectivity index is 1.78. The Labute approximate surface area is 168 Å². The number of rotatable bonds is 5. The number of amides is 1. The molecule has 1 aliphatic rings. The Morgan fingerprint density at radius 1 is 1.31 bits per heavy atom. The van der Waals surface area contributed by atoms with Crippen LogP contribution in [0.3, 0.4) is 0 Å². The second kappa shape index (κ2) is 8.59. The van der Waals surface area contributed by atoms with Crippen molar-refractivity contribution in [3.8, 4) is 11.8 Å². The van der Waals surface area contributed by atoms with Crippen molar-refractivity contribution in [1.82, 2.24) is 4.31 Å². The van der Waals surface area contributed by atoms with E-state index in [0.717, 1.165) is 12.1 Å². The number of carbonyl (C=O) groups excluding carboxylic acids is 1. The van der Waals surface area contributed by atoms with Gasteiger partial charge >= 0.3 is 0 Å². The number of nitrogens with zero attached hydrogens (tertiary/aromatic N) is 2. The molecule has 1 fully saturated rings. The molecule has 0 radical (unpaired) electrons. The van der Waals surface area contributed by atoms with Crippen molar-refractivity contribution in [3.63, 3.8) is 0 Å². The van der Waals surface area contributed by atoms with E-state index in [4.69, 9.17) is 10.00 Å². The summed E-state index contributed by atoms with van der Waals surface area (Å²) in [5.74, 6) is -1.53. The van der Waals surface area contributed by atoms with Crippen LogP contribution in [0.25, 0.3) is 0 Å². The van der Waals surface area contributed by atoms with E-state index >= 15 is 0 Å². The van der Waals surface area contributed by atoms with Gasteiger partial charge in [0.2, 0.25) is 15.9 Å². The molecular formula is C20H20FN3O4S. The third-order valence-corrected chi connectivity index (χ3v) is 6.64.